The molecule has 0 saturated carbocycles. The molecule has 1 rings (SSSR count). The number of unbranched alkanes of at least 4 members (excludes halogenated alkanes) is 3. The number of allylic oxidation sites excluding steroid dienone is 1. The van der Waals surface area contributed by atoms with Gasteiger partial charge in [0.15, 0.2) is 0 Å². The Hall–Kier alpha value is -0.740. The number of nitrogens with zero attached hydrogens (tertiary/aromatic N) is 2. The van der Waals surface area contributed by atoms with Crippen LogP contribution in [-0.2, 0) is 0 Å². The Morgan fingerprint density at radius 1 is 1.33 bits per heavy atom. The Morgan fingerprint density at radius 3 is 2.72 bits per heavy atom. The van der Waals surface area contributed by atoms with Crippen LogP contribution in [0.2, 0.25) is 0 Å². The molecule has 0 spiro atoms. The Morgan fingerprint density at radius 2 is 2.11 bits per heavy atom. The summed E-state index contributed by atoms with van der Waals surface area (Å²) in [5.41, 5.74) is 1.16. The van der Waals surface area contributed by atoms with Crippen molar-refractivity contribution < 1.29 is 0 Å². The highest BCUT2D eigenvalue weighted by Crippen LogP contribution is 2.29. The van der Waals surface area contributed by atoms with Gasteiger partial charge in [-0.2, -0.15) is 0 Å². The molecular weight excluding hydrogens is 242 g/mol. The van der Waals surface area contributed by atoms with E-state index in [0.717, 1.165) is 18.5 Å². The van der Waals surface area contributed by atoms with E-state index >= 15 is 0 Å². The van der Waals surface area contributed by atoms with Crippen LogP contribution in [-0.4, -0.2) is 16.6 Å². The van der Waals surface area contributed by atoms with Gasteiger partial charge in [-0.05, 0) is 43.8 Å². The zero-order chi connectivity index (χ0) is 13.4. The topological polar surface area (TPSA) is 37.8 Å². The maximum Gasteiger partial charge on any atom is 0.0829 e. The SMILES string of the molecule is C=CCCCCCC(NC)c1snnc1C(C)C. The first-order valence-electron chi connectivity index (χ1n) is 6.81. The van der Waals surface area contributed by atoms with E-state index in [2.05, 4.69) is 35.3 Å². The summed E-state index contributed by atoms with van der Waals surface area (Å²) in [5, 5.41) is 7.66. The predicted molar refractivity (Wildman–Crippen MR) is 79.1 cm³/mol. The van der Waals surface area contributed by atoms with E-state index in [1.54, 1.807) is 0 Å². The van der Waals surface area contributed by atoms with Crippen LogP contribution in [0.5, 0.6) is 0 Å². The molecule has 0 bridgehead atoms. The van der Waals surface area contributed by atoms with E-state index in [1.165, 1.54) is 35.7 Å². The van der Waals surface area contributed by atoms with Gasteiger partial charge in [-0.25, -0.2) is 0 Å². The second-order valence-electron chi connectivity index (χ2n) is 4.95. The maximum atomic E-state index is 4.26. The lowest BCUT2D eigenvalue weighted by Crippen LogP contribution is -2.17. The highest BCUT2D eigenvalue weighted by molar-refractivity contribution is 7.05. The molecule has 1 aromatic rings. The summed E-state index contributed by atoms with van der Waals surface area (Å²) in [4.78, 5) is 1.32. The van der Waals surface area contributed by atoms with Crippen molar-refractivity contribution in [3.63, 3.8) is 0 Å². The van der Waals surface area contributed by atoms with Crippen molar-refractivity contribution in [3.8, 4) is 0 Å². The van der Waals surface area contributed by atoms with Gasteiger partial charge < -0.3 is 5.32 Å². The van der Waals surface area contributed by atoms with Crippen molar-refractivity contribution >= 4 is 11.5 Å². The van der Waals surface area contributed by atoms with E-state index in [0.29, 0.717) is 12.0 Å². The van der Waals surface area contributed by atoms with Gasteiger partial charge in [0.2, 0.25) is 0 Å². The summed E-state index contributed by atoms with van der Waals surface area (Å²) < 4.78 is 4.11. The molecule has 0 fully saturated rings. The highest BCUT2D eigenvalue weighted by Gasteiger charge is 2.19. The fraction of sp³-hybridized carbons (Fsp3) is 0.714. The molecule has 1 unspecified atom stereocenters. The first-order chi connectivity index (χ1) is 8.70. The summed E-state index contributed by atoms with van der Waals surface area (Å²) in [5.74, 6) is 0.454. The van der Waals surface area contributed by atoms with E-state index < -0.39 is 0 Å². The van der Waals surface area contributed by atoms with Gasteiger partial charge in [0.25, 0.3) is 0 Å². The van der Waals surface area contributed by atoms with Gasteiger partial charge in [0, 0.05) is 6.04 Å². The molecule has 0 aliphatic carbocycles. The van der Waals surface area contributed by atoms with Crippen LogP contribution in [0.15, 0.2) is 12.7 Å². The molecule has 102 valence electrons. The second kappa shape index (κ2) is 8.38. The summed E-state index contributed by atoms with van der Waals surface area (Å²) in [6.45, 7) is 8.11. The van der Waals surface area contributed by atoms with Crippen LogP contribution in [0.1, 0.15) is 68.5 Å². The lowest BCUT2D eigenvalue weighted by atomic mass is 10.0. The molecule has 1 heterocycles. The molecule has 0 aliphatic rings. The molecule has 4 heteroatoms. The molecule has 18 heavy (non-hydrogen) atoms. The van der Waals surface area contributed by atoms with Crippen molar-refractivity contribution in [2.45, 2.75) is 57.9 Å². The molecule has 0 saturated heterocycles. The average molecular weight is 267 g/mol. The Kier molecular flexibility index (Phi) is 7.13. The summed E-state index contributed by atoms with van der Waals surface area (Å²) in [6.07, 6.45) is 8.06. The largest absolute Gasteiger partial charge is 0.312 e. The van der Waals surface area contributed by atoms with Crippen molar-refractivity contribution in [3.05, 3.63) is 23.2 Å². The van der Waals surface area contributed by atoms with Crippen LogP contribution in [0.25, 0.3) is 0 Å². The van der Waals surface area contributed by atoms with Crippen LogP contribution in [0.4, 0.5) is 0 Å². The Labute approximate surface area is 115 Å². The lowest BCUT2D eigenvalue weighted by Gasteiger charge is -2.16. The summed E-state index contributed by atoms with van der Waals surface area (Å²) in [6, 6.07) is 0.408. The first-order valence-corrected chi connectivity index (χ1v) is 7.58. The van der Waals surface area contributed by atoms with E-state index in [4.69, 9.17) is 0 Å². The molecule has 3 nitrogen and oxygen atoms in total. The van der Waals surface area contributed by atoms with Crippen LogP contribution in [0, 0.1) is 0 Å². The van der Waals surface area contributed by atoms with E-state index in [1.807, 2.05) is 13.1 Å². The quantitative estimate of drug-likeness (QED) is 0.541. The van der Waals surface area contributed by atoms with Gasteiger partial charge in [-0.1, -0.05) is 37.3 Å². The molecule has 0 amide bonds. The molecule has 0 aliphatic heterocycles. The average Bonchev–Trinajstić information content (AvgIpc) is 2.83. The fourth-order valence-electron chi connectivity index (χ4n) is 2.07. The zero-order valence-corrected chi connectivity index (χ0v) is 12.6. The molecular formula is C14H25N3S. The van der Waals surface area contributed by atoms with Crippen molar-refractivity contribution in [2.24, 2.45) is 0 Å². The number of hydrogen-bond acceptors (Lipinski definition) is 4. The monoisotopic (exact) mass is 267 g/mol. The standard InChI is InChI=1S/C14H25N3S/c1-5-6-7-8-9-10-12(15-4)14-13(11(2)3)16-17-18-14/h5,11-12,15H,1,6-10H2,2-4H3. The minimum atomic E-state index is 0.408. The summed E-state index contributed by atoms with van der Waals surface area (Å²) >= 11 is 1.54. The fourth-order valence-corrected chi connectivity index (χ4v) is 3.02. The zero-order valence-electron chi connectivity index (χ0n) is 11.8. The number of nitrogens with one attached hydrogen (secondary N) is 1. The summed E-state index contributed by atoms with van der Waals surface area (Å²) in [7, 11) is 2.03. The van der Waals surface area contributed by atoms with Crippen molar-refractivity contribution in [1.82, 2.24) is 14.9 Å². The van der Waals surface area contributed by atoms with Crippen LogP contribution < -0.4 is 5.32 Å². The van der Waals surface area contributed by atoms with Gasteiger partial charge in [0.05, 0.1) is 10.6 Å². The van der Waals surface area contributed by atoms with Crippen LogP contribution in [0.3, 0.4) is 0 Å². The van der Waals surface area contributed by atoms with Crippen LogP contribution >= 0.6 is 11.5 Å². The molecule has 1 aromatic heterocycles. The van der Waals surface area contributed by atoms with Crippen molar-refractivity contribution in [2.75, 3.05) is 7.05 Å². The Balaban J connectivity index is 2.49. The number of aromatic nitrogens is 2. The van der Waals surface area contributed by atoms with Gasteiger partial charge in [-0.15, -0.1) is 11.7 Å². The van der Waals surface area contributed by atoms with E-state index in [9.17, 15) is 0 Å². The molecule has 0 aromatic carbocycles. The lowest BCUT2D eigenvalue weighted by molar-refractivity contribution is 0.508. The maximum absolute atomic E-state index is 4.26. The third-order valence-electron chi connectivity index (χ3n) is 3.15. The minimum absolute atomic E-state index is 0.408. The number of rotatable bonds is 9. The third kappa shape index (κ3) is 4.50. The normalized spacial score (nSPS) is 12.9. The minimum Gasteiger partial charge on any atom is -0.312 e. The van der Waals surface area contributed by atoms with Gasteiger partial charge in [-0.3, -0.25) is 0 Å². The first kappa shape index (κ1) is 15.3. The number of hydrogen-bond donors (Lipinski definition) is 1. The predicted octanol–water partition coefficient (Wildman–Crippen LogP) is 4.06. The van der Waals surface area contributed by atoms with E-state index in [-0.39, 0.29) is 0 Å². The highest BCUT2D eigenvalue weighted by atomic mass is 32.1. The smallest absolute Gasteiger partial charge is 0.0829 e. The Bertz CT molecular complexity index is 347. The van der Waals surface area contributed by atoms with Crippen molar-refractivity contribution in [1.29, 1.82) is 0 Å². The molecule has 1 N–H and O–H groups in total. The second-order valence-corrected chi connectivity index (χ2v) is 5.73. The molecule has 1 atom stereocenters. The molecule has 0 radical (unpaired) electrons. The van der Waals surface area contributed by atoms with Gasteiger partial charge in [0.1, 0.15) is 0 Å². The third-order valence-corrected chi connectivity index (χ3v) is 4.01. The van der Waals surface area contributed by atoms with Gasteiger partial charge >= 0.3 is 0 Å².